The third kappa shape index (κ3) is 4.21. The number of pyridine rings is 1. The molecular formula is C20H23FN4O3. The first kappa shape index (κ1) is 19.6. The molecule has 1 aromatic carbocycles. The Morgan fingerprint density at radius 1 is 1.25 bits per heavy atom. The second-order valence-corrected chi connectivity index (χ2v) is 7.37. The van der Waals surface area contributed by atoms with Gasteiger partial charge in [0.1, 0.15) is 17.2 Å². The van der Waals surface area contributed by atoms with Crippen molar-refractivity contribution in [1.29, 1.82) is 0 Å². The van der Waals surface area contributed by atoms with Gasteiger partial charge in [0.25, 0.3) is 0 Å². The molecule has 2 heterocycles. The van der Waals surface area contributed by atoms with Gasteiger partial charge in [-0.3, -0.25) is 4.57 Å². The van der Waals surface area contributed by atoms with Gasteiger partial charge in [-0.25, -0.2) is 19.2 Å². The smallest absolute Gasteiger partial charge is 0.408 e. The number of hydrogen-bond acceptors (Lipinski definition) is 5. The van der Waals surface area contributed by atoms with E-state index in [4.69, 9.17) is 9.47 Å². The van der Waals surface area contributed by atoms with E-state index < -0.39 is 17.7 Å². The minimum absolute atomic E-state index is 0.380. The van der Waals surface area contributed by atoms with Gasteiger partial charge in [0.15, 0.2) is 0 Å². The summed E-state index contributed by atoms with van der Waals surface area (Å²) in [5.74, 6) is 0.605. The Bertz CT molecular complexity index is 993. The minimum atomic E-state index is -0.618. The van der Waals surface area contributed by atoms with Crippen LogP contribution in [0.15, 0.2) is 36.5 Å². The molecule has 0 saturated carbocycles. The van der Waals surface area contributed by atoms with Crippen molar-refractivity contribution in [3.8, 4) is 11.6 Å². The molecule has 0 aliphatic heterocycles. The van der Waals surface area contributed by atoms with E-state index in [1.165, 1.54) is 19.2 Å². The van der Waals surface area contributed by atoms with E-state index in [1.54, 1.807) is 56.7 Å². The summed E-state index contributed by atoms with van der Waals surface area (Å²) in [6.07, 6.45) is 1.05. The van der Waals surface area contributed by atoms with Crippen molar-refractivity contribution < 1.29 is 18.7 Å². The monoisotopic (exact) mass is 386 g/mol. The van der Waals surface area contributed by atoms with Crippen LogP contribution < -0.4 is 10.1 Å². The fraction of sp³-hybridized carbons (Fsp3) is 0.350. The quantitative estimate of drug-likeness (QED) is 0.729. The number of hydrogen-bond donors (Lipinski definition) is 1. The number of ether oxygens (including phenoxy) is 2. The Balaban J connectivity index is 2.04. The number of carbonyl (C=O) groups excluding carboxylic acids is 1. The van der Waals surface area contributed by atoms with Crippen LogP contribution in [-0.2, 0) is 4.74 Å². The number of halogens is 1. The largest absolute Gasteiger partial charge is 0.481 e. The maximum atomic E-state index is 13.9. The molecule has 8 heteroatoms. The highest BCUT2D eigenvalue weighted by Crippen LogP contribution is 2.26. The Morgan fingerprint density at radius 2 is 2.00 bits per heavy atom. The number of rotatable bonds is 4. The predicted molar refractivity (Wildman–Crippen MR) is 103 cm³/mol. The van der Waals surface area contributed by atoms with Gasteiger partial charge < -0.3 is 14.8 Å². The van der Waals surface area contributed by atoms with Gasteiger partial charge in [-0.2, -0.15) is 0 Å². The molecule has 3 rings (SSSR count). The maximum Gasteiger partial charge on any atom is 0.408 e. The molecule has 148 valence electrons. The number of amides is 1. The van der Waals surface area contributed by atoms with E-state index in [9.17, 15) is 9.18 Å². The van der Waals surface area contributed by atoms with Gasteiger partial charge >= 0.3 is 6.09 Å². The molecule has 1 N–H and O–H groups in total. The Morgan fingerprint density at radius 3 is 2.61 bits per heavy atom. The van der Waals surface area contributed by atoms with E-state index in [-0.39, 0.29) is 5.82 Å². The van der Waals surface area contributed by atoms with Crippen LogP contribution in [0.2, 0.25) is 0 Å². The van der Waals surface area contributed by atoms with Crippen LogP contribution in [0.1, 0.15) is 39.6 Å². The molecule has 3 aromatic rings. The lowest BCUT2D eigenvalue weighted by Gasteiger charge is -2.22. The number of benzene rings is 1. The number of methoxy groups -OCH3 is 1. The molecule has 0 aliphatic rings. The Hall–Kier alpha value is -3.16. The number of aromatic nitrogens is 3. The molecular weight excluding hydrogens is 363 g/mol. The molecule has 0 unspecified atom stereocenters. The lowest BCUT2D eigenvalue weighted by molar-refractivity contribution is 0.0505. The topological polar surface area (TPSA) is 78.3 Å². The Labute approximate surface area is 162 Å². The molecule has 0 fully saturated rings. The molecule has 7 nitrogen and oxygen atoms in total. The first-order chi connectivity index (χ1) is 13.2. The highest BCUT2D eigenvalue weighted by Gasteiger charge is 2.23. The number of imidazole rings is 1. The first-order valence-corrected chi connectivity index (χ1v) is 8.86. The zero-order chi connectivity index (χ0) is 20.5. The van der Waals surface area contributed by atoms with E-state index in [2.05, 4.69) is 15.3 Å². The normalized spacial score (nSPS) is 12.6. The van der Waals surface area contributed by atoms with Gasteiger partial charge in [0.2, 0.25) is 5.88 Å². The molecule has 2 aromatic heterocycles. The zero-order valence-corrected chi connectivity index (χ0v) is 16.5. The summed E-state index contributed by atoms with van der Waals surface area (Å²) in [6, 6.07) is 7.35. The molecule has 0 bridgehead atoms. The average Bonchev–Trinajstić information content (AvgIpc) is 2.98. The standard InChI is InChI=1S/C20H23FN4O3/c1-12(23-19(26)28-20(2,3)4)18-24-15-8-6-13(21)10-16(15)25(18)14-7-9-17(27-5)22-11-14/h6-12H,1-5H3,(H,23,26)/t12-/m0/s1. The van der Waals surface area contributed by atoms with Gasteiger partial charge in [-0.05, 0) is 45.9 Å². The molecule has 1 amide bonds. The number of fused-ring (bicyclic) bond motifs is 1. The second kappa shape index (κ2) is 7.46. The summed E-state index contributed by atoms with van der Waals surface area (Å²) in [7, 11) is 1.53. The summed E-state index contributed by atoms with van der Waals surface area (Å²) >= 11 is 0. The van der Waals surface area contributed by atoms with Crippen molar-refractivity contribution in [3.05, 3.63) is 48.2 Å². The summed E-state index contributed by atoms with van der Waals surface area (Å²) in [4.78, 5) is 21.0. The summed E-state index contributed by atoms with van der Waals surface area (Å²) in [6.45, 7) is 7.16. The van der Waals surface area contributed by atoms with Gasteiger partial charge in [0.05, 0.1) is 36.1 Å². The predicted octanol–water partition coefficient (Wildman–Crippen LogP) is 4.15. The summed E-state index contributed by atoms with van der Waals surface area (Å²) < 4.78 is 26.1. The van der Waals surface area contributed by atoms with Crippen LogP contribution in [0.5, 0.6) is 5.88 Å². The molecule has 0 aliphatic carbocycles. The zero-order valence-electron chi connectivity index (χ0n) is 16.5. The average molecular weight is 386 g/mol. The minimum Gasteiger partial charge on any atom is -0.481 e. The van der Waals surface area contributed by atoms with Crippen LogP contribution in [0.3, 0.4) is 0 Å². The van der Waals surface area contributed by atoms with Crippen molar-refractivity contribution in [3.63, 3.8) is 0 Å². The lowest BCUT2D eigenvalue weighted by atomic mass is 10.2. The number of alkyl carbamates (subject to hydrolysis) is 1. The molecule has 1 atom stereocenters. The number of nitrogens with zero attached hydrogens (tertiary/aromatic N) is 3. The third-order valence-corrected chi connectivity index (χ3v) is 3.95. The van der Waals surface area contributed by atoms with Crippen molar-refractivity contribution in [2.75, 3.05) is 7.11 Å². The van der Waals surface area contributed by atoms with Crippen LogP contribution in [-0.4, -0.2) is 33.3 Å². The van der Waals surface area contributed by atoms with E-state index in [0.29, 0.717) is 28.4 Å². The maximum absolute atomic E-state index is 13.9. The first-order valence-electron chi connectivity index (χ1n) is 8.86. The van der Waals surface area contributed by atoms with Gasteiger partial charge in [-0.1, -0.05) is 0 Å². The second-order valence-electron chi connectivity index (χ2n) is 7.37. The van der Waals surface area contributed by atoms with Crippen molar-refractivity contribution in [1.82, 2.24) is 19.9 Å². The fourth-order valence-electron chi connectivity index (χ4n) is 2.80. The van der Waals surface area contributed by atoms with Gasteiger partial charge in [0, 0.05) is 12.1 Å². The van der Waals surface area contributed by atoms with E-state index >= 15 is 0 Å². The molecule has 0 saturated heterocycles. The van der Waals surface area contributed by atoms with E-state index in [1.807, 2.05) is 0 Å². The fourth-order valence-corrected chi connectivity index (χ4v) is 2.80. The SMILES string of the molecule is COc1ccc(-n2c([C@H](C)NC(=O)OC(C)(C)C)nc3ccc(F)cc32)cn1. The third-order valence-electron chi connectivity index (χ3n) is 3.95. The summed E-state index contributed by atoms with van der Waals surface area (Å²) in [5, 5.41) is 2.78. The van der Waals surface area contributed by atoms with E-state index in [0.717, 1.165) is 0 Å². The van der Waals surface area contributed by atoms with Crippen molar-refractivity contribution in [2.45, 2.75) is 39.3 Å². The highest BCUT2D eigenvalue weighted by atomic mass is 19.1. The van der Waals surface area contributed by atoms with Crippen LogP contribution >= 0.6 is 0 Å². The number of carbonyl (C=O) groups is 1. The van der Waals surface area contributed by atoms with Crippen molar-refractivity contribution >= 4 is 17.1 Å². The molecule has 0 radical (unpaired) electrons. The van der Waals surface area contributed by atoms with Gasteiger partial charge in [-0.15, -0.1) is 0 Å². The van der Waals surface area contributed by atoms with Crippen LogP contribution in [0.25, 0.3) is 16.7 Å². The Kier molecular flexibility index (Phi) is 5.22. The van der Waals surface area contributed by atoms with Crippen molar-refractivity contribution in [2.24, 2.45) is 0 Å². The highest BCUT2D eigenvalue weighted by molar-refractivity contribution is 5.79. The molecule has 28 heavy (non-hydrogen) atoms. The van der Waals surface area contributed by atoms with Crippen LogP contribution in [0, 0.1) is 5.82 Å². The lowest BCUT2D eigenvalue weighted by Crippen LogP contribution is -2.34. The summed E-state index contributed by atoms with van der Waals surface area (Å²) in [5.41, 5.74) is 1.22. The van der Waals surface area contributed by atoms with Crippen LogP contribution in [0.4, 0.5) is 9.18 Å². The molecule has 0 spiro atoms. The number of nitrogens with one attached hydrogen (secondary N) is 1.